The van der Waals surface area contributed by atoms with Gasteiger partial charge in [-0.3, -0.25) is 9.48 Å². The average molecular weight is 403 g/mol. The van der Waals surface area contributed by atoms with Crippen molar-refractivity contribution < 1.29 is 13.2 Å². The summed E-state index contributed by atoms with van der Waals surface area (Å²) in [6, 6.07) is 8.93. The predicted octanol–water partition coefficient (Wildman–Crippen LogP) is 2.33. The number of aromatic nitrogens is 3. The number of fused-ring (bicyclic) bond motifs is 2. The molecule has 2 aliphatic rings. The molecule has 2 bridgehead atoms. The van der Waals surface area contributed by atoms with Gasteiger partial charge in [0.05, 0.1) is 18.3 Å². The molecular weight excluding hydrogens is 376 g/mol. The molecule has 7 nitrogen and oxygen atoms in total. The van der Waals surface area contributed by atoms with E-state index in [0.29, 0.717) is 19.4 Å². The van der Waals surface area contributed by atoms with Crippen LogP contribution in [0.5, 0.6) is 0 Å². The van der Waals surface area contributed by atoms with Gasteiger partial charge in [0, 0.05) is 11.8 Å². The van der Waals surface area contributed by atoms with E-state index < -0.39 is 21.5 Å². The lowest BCUT2D eigenvalue weighted by Gasteiger charge is -2.36. The van der Waals surface area contributed by atoms with Crippen molar-refractivity contribution in [1.29, 1.82) is 0 Å². The Morgan fingerprint density at radius 3 is 2.61 bits per heavy atom. The predicted molar refractivity (Wildman–Crippen MR) is 105 cm³/mol. The molecule has 1 aromatic carbocycles. The van der Waals surface area contributed by atoms with Gasteiger partial charge < -0.3 is 0 Å². The molecule has 0 amide bonds. The lowest BCUT2D eigenvalue weighted by atomic mass is 9.70. The van der Waals surface area contributed by atoms with Gasteiger partial charge in [-0.25, -0.2) is 18.1 Å². The van der Waals surface area contributed by atoms with Crippen molar-refractivity contribution in [2.75, 3.05) is 5.75 Å². The molecule has 1 aromatic heterocycles. The number of hydrogen-bond donors (Lipinski definition) is 1. The maximum atomic E-state index is 13.2. The fraction of sp³-hybridized carbons (Fsp3) is 0.550. The zero-order valence-corrected chi connectivity index (χ0v) is 17.0. The molecule has 2 aliphatic carbocycles. The number of sulfonamides is 1. The summed E-state index contributed by atoms with van der Waals surface area (Å²) in [5.41, 5.74) is -0.217. The van der Waals surface area contributed by atoms with Gasteiger partial charge in [-0.05, 0) is 29.7 Å². The lowest BCUT2D eigenvalue weighted by Crippen LogP contribution is -2.46. The van der Waals surface area contributed by atoms with Gasteiger partial charge in [0.25, 0.3) is 0 Å². The quantitative estimate of drug-likeness (QED) is 0.767. The Balaban J connectivity index is 1.60. The van der Waals surface area contributed by atoms with Crippen LogP contribution in [0.1, 0.15) is 44.7 Å². The van der Waals surface area contributed by atoms with Crippen molar-refractivity contribution in [2.24, 2.45) is 16.7 Å². The molecule has 3 atom stereocenters. The van der Waals surface area contributed by atoms with E-state index in [0.717, 1.165) is 12.0 Å². The van der Waals surface area contributed by atoms with Gasteiger partial charge in [-0.2, -0.15) is 5.10 Å². The van der Waals surface area contributed by atoms with Crippen LogP contribution in [0, 0.1) is 16.7 Å². The molecule has 8 heteroatoms. The standard InChI is InChI=1S/C20H26N4O3S/c1-19(2)16-8-9-20(19,18(25)10-16)12-28(26,27)23-17(11-24-14-21-13-22-24)15-6-4-3-5-7-15/h3-7,13-14,16-17,23H,8-12H2,1-2H3. The van der Waals surface area contributed by atoms with Crippen LogP contribution in [0.2, 0.25) is 0 Å². The largest absolute Gasteiger partial charge is 0.299 e. The molecule has 150 valence electrons. The summed E-state index contributed by atoms with van der Waals surface area (Å²) in [6.07, 6.45) is 5.07. The van der Waals surface area contributed by atoms with Crippen molar-refractivity contribution in [2.45, 2.75) is 45.7 Å². The Labute approximate surface area is 165 Å². The SMILES string of the molecule is CC1(C)C2CCC1(CS(=O)(=O)NC(Cn1cncn1)c1ccccc1)C(=O)C2. The van der Waals surface area contributed by atoms with Crippen LogP contribution in [-0.2, 0) is 21.4 Å². The maximum absolute atomic E-state index is 13.2. The van der Waals surface area contributed by atoms with Crippen molar-refractivity contribution in [3.05, 3.63) is 48.5 Å². The molecule has 2 saturated carbocycles. The number of carbonyl (C=O) groups is 1. The third-order valence-corrected chi connectivity index (χ3v) is 8.45. The maximum Gasteiger partial charge on any atom is 0.213 e. The zero-order chi connectivity index (χ0) is 20.0. The van der Waals surface area contributed by atoms with Crippen molar-refractivity contribution >= 4 is 15.8 Å². The molecule has 0 aliphatic heterocycles. The molecular formula is C20H26N4O3S. The second-order valence-corrected chi connectivity index (χ2v) is 10.4. The summed E-state index contributed by atoms with van der Waals surface area (Å²) >= 11 is 0. The summed E-state index contributed by atoms with van der Waals surface area (Å²) in [7, 11) is -3.70. The highest BCUT2D eigenvalue weighted by Gasteiger charge is 2.65. The van der Waals surface area contributed by atoms with Gasteiger partial charge in [-0.15, -0.1) is 0 Å². The number of nitrogens with one attached hydrogen (secondary N) is 1. The molecule has 2 fully saturated rings. The Kier molecular flexibility index (Phi) is 4.66. The summed E-state index contributed by atoms with van der Waals surface area (Å²) < 4.78 is 30.9. The number of rotatable bonds is 7. The minimum absolute atomic E-state index is 0.103. The minimum atomic E-state index is -3.70. The Morgan fingerprint density at radius 2 is 2.04 bits per heavy atom. The van der Waals surface area contributed by atoms with Crippen LogP contribution in [0.3, 0.4) is 0 Å². The average Bonchev–Trinajstić information content (AvgIpc) is 3.28. The Hall–Kier alpha value is -2.06. The van der Waals surface area contributed by atoms with E-state index in [-0.39, 0.29) is 22.9 Å². The molecule has 3 unspecified atom stereocenters. The second kappa shape index (κ2) is 6.77. The van der Waals surface area contributed by atoms with Crippen LogP contribution in [-0.4, -0.2) is 34.7 Å². The normalized spacial score (nSPS) is 27.2. The fourth-order valence-electron chi connectivity index (χ4n) is 5.10. The van der Waals surface area contributed by atoms with Gasteiger partial charge in [0.15, 0.2) is 0 Å². The number of Topliss-reactive ketones (excluding diaryl/α,β-unsaturated/α-hetero) is 1. The van der Waals surface area contributed by atoms with E-state index in [1.54, 1.807) is 11.0 Å². The zero-order valence-electron chi connectivity index (χ0n) is 16.2. The number of hydrogen-bond acceptors (Lipinski definition) is 5. The third-order valence-electron chi connectivity index (χ3n) is 6.94. The van der Waals surface area contributed by atoms with Crippen molar-refractivity contribution in [3.8, 4) is 0 Å². The van der Waals surface area contributed by atoms with E-state index in [2.05, 4.69) is 28.7 Å². The number of benzene rings is 1. The van der Waals surface area contributed by atoms with Gasteiger partial charge in [0.2, 0.25) is 10.0 Å². The van der Waals surface area contributed by atoms with Crippen LogP contribution in [0.25, 0.3) is 0 Å². The van der Waals surface area contributed by atoms with E-state index in [1.807, 2.05) is 30.3 Å². The molecule has 0 radical (unpaired) electrons. The van der Waals surface area contributed by atoms with Gasteiger partial charge >= 0.3 is 0 Å². The summed E-state index contributed by atoms with van der Waals surface area (Å²) in [6.45, 7) is 4.43. The first-order valence-electron chi connectivity index (χ1n) is 9.64. The Bertz CT molecular complexity index is 957. The molecule has 1 N–H and O–H groups in total. The lowest BCUT2D eigenvalue weighted by molar-refractivity contribution is -0.128. The molecule has 1 heterocycles. The summed E-state index contributed by atoms with van der Waals surface area (Å²) in [5, 5.41) is 4.10. The molecule has 4 rings (SSSR count). The van der Waals surface area contributed by atoms with Crippen LogP contribution >= 0.6 is 0 Å². The van der Waals surface area contributed by atoms with Crippen molar-refractivity contribution in [1.82, 2.24) is 19.5 Å². The second-order valence-electron chi connectivity index (χ2n) is 8.62. The highest BCUT2D eigenvalue weighted by atomic mass is 32.2. The van der Waals surface area contributed by atoms with Gasteiger partial charge in [-0.1, -0.05) is 44.2 Å². The highest BCUT2D eigenvalue weighted by molar-refractivity contribution is 7.89. The van der Waals surface area contributed by atoms with Crippen LogP contribution in [0.15, 0.2) is 43.0 Å². The first kappa shape index (κ1) is 19.3. The van der Waals surface area contributed by atoms with E-state index >= 15 is 0 Å². The number of nitrogens with zero attached hydrogens (tertiary/aromatic N) is 3. The molecule has 0 spiro atoms. The molecule has 28 heavy (non-hydrogen) atoms. The van der Waals surface area contributed by atoms with E-state index in [4.69, 9.17) is 0 Å². The minimum Gasteiger partial charge on any atom is -0.299 e. The van der Waals surface area contributed by atoms with E-state index in [9.17, 15) is 13.2 Å². The molecule has 2 aromatic rings. The first-order chi connectivity index (χ1) is 13.2. The number of carbonyl (C=O) groups excluding carboxylic acids is 1. The van der Waals surface area contributed by atoms with Crippen LogP contribution < -0.4 is 4.72 Å². The van der Waals surface area contributed by atoms with Crippen LogP contribution in [0.4, 0.5) is 0 Å². The summed E-state index contributed by atoms with van der Waals surface area (Å²) in [5.74, 6) is 0.241. The van der Waals surface area contributed by atoms with Gasteiger partial charge in [0.1, 0.15) is 18.4 Å². The summed E-state index contributed by atoms with van der Waals surface area (Å²) in [4.78, 5) is 16.7. The van der Waals surface area contributed by atoms with E-state index in [1.165, 1.54) is 6.33 Å². The monoisotopic (exact) mass is 402 g/mol. The van der Waals surface area contributed by atoms with Crippen molar-refractivity contribution in [3.63, 3.8) is 0 Å². The molecule has 0 saturated heterocycles. The number of ketones is 1. The Morgan fingerprint density at radius 1 is 1.29 bits per heavy atom. The third kappa shape index (κ3) is 3.18. The smallest absolute Gasteiger partial charge is 0.213 e. The fourth-order valence-corrected chi connectivity index (χ4v) is 7.15. The first-order valence-corrected chi connectivity index (χ1v) is 11.3. The topological polar surface area (TPSA) is 93.9 Å². The highest BCUT2D eigenvalue weighted by Crippen LogP contribution is 2.64.